The fourth-order valence-electron chi connectivity index (χ4n) is 5.81. The molecule has 2 heterocycles. The van der Waals surface area contributed by atoms with Crippen LogP contribution in [0.4, 0.5) is 0 Å². The van der Waals surface area contributed by atoms with Crippen LogP contribution in [0.15, 0.2) is 48.5 Å². The average molecular weight is 673 g/mol. The summed E-state index contributed by atoms with van der Waals surface area (Å²) in [4.78, 5) is 12.6. The summed E-state index contributed by atoms with van der Waals surface area (Å²) in [6, 6.07) is 12.6. The third-order valence-corrected chi connectivity index (χ3v) is 8.42. The van der Waals surface area contributed by atoms with E-state index in [-0.39, 0.29) is 41.8 Å². The summed E-state index contributed by atoms with van der Waals surface area (Å²) in [6.07, 6.45) is -7.21. The van der Waals surface area contributed by atoms with Gasteiger partial charge in [-0.3, -0.25) is 0 Å². The van der Waals surface area contributed by atoms with Gasteiger partial charge in [0.25, 0.3) is 0 Å². The molecule has 0 aliphatic carbocycles. The molecule has 14 nitrogen and oxygen atoms in total. The molecule has 0 spiro atoms. The largest absolute Gasteiger partial charge is 0.504 e. The number of aliphatic hydroxyl groups excluding tert-OH is 5. The number of phenolic OH excluding ortho intramolecular Hbond substituents is 1. The second kappa shape index (κ2) is 15.3. The molecule has 3 aromatic carbocycles. The first kappa shape index (κ1) is 35.0. The lowest BCUT2D eigenvalue weighted by Crippen LogP contribution is -2.60. The topological polar surface area (TPSA) is 203 Å². The lowest BCUT2D eigenvalue weighted by molar-refractivity contribution is -0.277. The standard InChI is InChI=1S/C34H40O14/c1-42-24-14-19(6-8-22(24)37)33(41)45-16-27-28(38)29(39)30(40)34(47-27)46-23-9-7-18(13-25(23)43-2)31-21(15-36)20-11-17(5-4-10-35)12-26(44-3)32(20)48-31/h6-9,11-14,21,27-31,34-40H,4-5,10,15-16H2,1-3H3/t21-,27-,28-,29+,30-,31?,34-/m1/s1. The van der Waals surface area contributed by atoms with Crippen LogP contribution in [0.2, 0.25) is 0 Å². The van der Waals surface area contributed by atoms with E-state index >= 15 is 0 Å². The van der Waals surface area contributed by atoms with Crippen LogP contribution in [0.3, 0.4) is 0 Å². The van der Waals surface area contributed by atoms with Gasteiger partial charge >= 0.3 is 5.97 Å². The summed E-state index contributed by atoms with van der Waals surface area (Å²) in [7, 11) is 4.27. The Morgan fingerprint density at radius 2 is 1.58 bits per heavy atom. The van der Waals surface area contributed by atoms with E-state index in [2.05, 4.69) is 0 Å². The molecule has 5 rings (SSSR count). The fourth-order valence-corrected chi connectivity index (χ4v) is 5.81. The number of benzene rings is 3. The van der Waals surface area contributed by atoms with Gasteiger partial charge in [0, 0.05) is 12.2 Å². The van der Waals surface area contributed by atoms with Crippen LogP contribution >= 0.6 is 0 Å². The highest BCUT2D eigenvalue weighted by atomic mass is 16.7. The zero-order valence-corrected chi connectivity index (χ0v) is 26.6. The van der Waals surface area contributed by atoms with Gasteiger partial charge in [-0.15, -0.1) is 0 Å². The molecule has 0 saturated carbocycles. The molecule has 260 valence electrons. The minimum absolute atomic E-state index is 0.0454. The molecule has 7 atom stereocenters. The molecule has 1 unspecified atom stereocenters. The first-order chi connectivity index (χ1) is 23.1. The molecule has 3 aromatic rings. The van der Waals surface area contributed by atoms with E-state index in [9.17, 15) is 35.4 Å². The van der Waals surface area contributed by atoms with Crippen LogP contribution in [0.25, 0.3) is 0 Å². The van der Waals surface area contributed by atoms with Gasteiger partial charge in [-0.2, -0.15) is 0 Å². The van der Waals surface area contributed by atoms with E-state index in [1.165, 1.54) is 39.5 Å². The molecule has 6 N–H and O–H groups in total. The van der Waals surface area contributed by atoms with E-state index in [4.69, 9.17) is 33.2 Å². The number of aliphatic hydroxyl groups is 5. The number of rotatable bonds is 13. The summed E-state index contributed by atoms with van der Waals surface area (Å²) in [5.41, 5.74) is 2.42. The Balaban J connectivity index is 1.31. The maximum atomic E-state index is 12.6. The van der Waals surface area contributed by atoms with E-state index in [1.54, 1.807) is 18.2 Å². The molecular weight excluding hydrogens is 632 g/mol. The Kier molecular flexibility index (Phi) is 11.1. The summed E-state index contributed by atoms with van der Waals surface area (Å²) in [6.45, 7) is -0.681. The molecule has 0 bridgehead atoms. The number of methoxy groups -OCH3 is 3. The van der Waals surface area contributed by atoms with Gasteiger partial charge in [-0.1, -0.05) is 12.1 Å². The van der Waals surface area contributed by atoms with Crippen molar-refractivity contribution in [1.29, 1.82) is 0 Å². The molecule has 14 heteroatoms. The van der Waals surface area contributed by atoms with Crippen LogP contribution in [0.5, 0.6) is 34.5 Å². The summed E-state index contributed by atoms with van der Waals surface area (Å²) >= 11 is 0. The summed E-state index contributed by atoms with van der Waals surface area (Å²) < 4.78 is 39.4. The number of hydrogen-bond acceptors (Lipinski definition) is 14. The van der Waals surface area contributed by atoms with Crippen molar-refractivity contribution >= 4 is 5.97 Å². The normalized spacial score (nSPS) is 24.7. The third kappa shape index (κ3) is 7.09. The zero-order chi connectivity index (χ0) is 34.5. The quantitative estimate of drug-likeness (QED) is 0.143. The van der Waals surface area contributed by atoms with Gasteiger partial charge in [0.05, 0.1) is 39.4 Å². The number of aromatic hydroxyl groups is 1. The first-order valence-corrected chi connectivity index (χ1v) is 15.3. The maximum Gasteiger partial charge on any atom is 0.338 e. The molecule has 48 heavy (non-hydrogen) atoms. The molecule has 2 aliphatic heterocycles. The number of fused-ring (bicyclic) bond motifs is 1. The molecule has 0 aromatic heterocycles. The Hall–Kier alpha value is -4.31. The Labute approximate surface area is 276 Å². The lowest BCUT2D eigenvalue weighted by Gasteiger charge is -2.40. The highest BCUT2D eigenvalue weighted by molar-refractivity contribution is 5.90. The van der Waals surface area contributed by atoms with Gasteiger partial charge in [-0.25, -0.2) is 4.79 Å². The smallest absolute Gasteiger partial charge is 0.338 e. The minimum atomic E-state index is -1.71. The molecule has 0 amide bonds. The van der Waals surface area contributed by atoms with E-state index in [0.29, 0.717) is 29.9 Å². The van der Waals surface area contributed by atoms with Crippen LogP contribution in [0, 0.1) is 0 Å². The number of ether oxygens (including phenoxy) is 7. The number of carbonyl (C=O) groups is 1. The Morgan fingerprint density at radius 3 is 2.27 bits per heavy atom. The predicted octanol–water partition coefficient (Wildman–Crippen LogP) is 1.60. The van der Waals surface area contributed by atoms with Gasteiger partial charge in [-0.05, 0) is 60.4 Å². The van der Waals surface area contributed by atoms with Crippen molar-refractivity contribution in [2.24, 2.45) is 0 Å². The van der Waals surface area contributed by atoms with E-state index < -0.39 is 55.3 Å². The molecule has 0 radical (unpaired) electrons. The first-order valence-electron chi connectivity index (χ1n) is 15.3. The van der Waals surface area contributed by atoms with Crippen molar-refractivity contribution in [2.45, 2.75) is 55.6 Å². The Bertz CT molecular complexity index is 1580. The van der Waals surface area contributed by atoms with Crippen LogP contribution in [-0.2, 0) is 15.9 Å². The van der Waals surface area contributed by atoms with Gasteiger partial charge in [0.2, 0.25) is 6.29 Å². The van der Waals surface area contributed by atoms with Crippen molar-refractivity contribution in [1.82, 2.24) is 0 Å². The van der Waals surface area contributed by atoms with Crippen molar-refractivity contribution in [2.75, 3.05) is 41.2 Å². The average Bonchev–Trinajstić information content (AvgIpc) is 3.48. The molecule has 2 aliphatic rings. The number of aryl methyl sites for hydroxylation is 1. The monoisotopic (exact) mass is 672 g/mol. The highest BCUT2D eigenvalue weighted by Crippen LogP contribution is 2.51. The second-order valence-electron chi connectivity index (χ2n) is 11.4. The van der Waals surface area contributed by atoms with Crippen molar-refractivity contribution in [3.63, 3.8) is 0 Å². The summed E-state index contributed by atoms with van der Waals surface area (Å²) in [5, 5.41) is 61.3. The minimum Gasteiger partial charge on any atom is -0.504 e. The van der Waals surface area contributed by atoms with Crippen LogP contribution in [-0.4, -0.2) is 108 Å². The molecule has 1 saturated heterocycles. The fraction of sp³-hybridized carbons (Fsp3) is 0.441. The maximum absolute atomic E-state index is 12.6. The zero-order valence-electron chi connectivity index (χ0n) is 26.6. The SMILES string of the molecule is COc1cc(C(=O)OC[C@H]2O[C@@H](Oc3ccc(C4Oc5c(OC)cc(CCCO)cc5[C@H]4CO)cc3OC)[C@H](O)[C@@H](O)[C@@H]2O)ccc1O. The second-order valence-corrected chi connectivity index (χ2v) is 11.4. The van der Waals surface area contributed by atoms with E-state index in [1.807, 2.05) is 12.1 Å². The molecular formula is C34H40O14. The lowest BCUT2D eigenvalue weighted by atomic mass is 9.90. The van der Waals surface area contributed by atoms with Crippen LogP contribution in [0.1, 0.15) is 45.5 Å². The van der Waals surface area contributed by atoms with Crippen molar-refractivity contribution < 1.29 is 68.6 Å². The van der Waals surface area contributed by atoms with Crippen molar-refractivity contribution in [3.8, 4) is 34.5 Å². The van der Waals surface area contributed by atoms with Gasteiger partial charge in [0.1, 0.15) is 37.1 Å². The number of esters is 1. The third-order valence-electron chi connectivity index (χ3n) is 8.42. The Morgan fingerprint density at radius 1 is 0.833 bits per heavy atom. The van der Waals surface area contributed by atoms with Crippen LogP contribution < -0.4 is 23.7 Å². The van der Waals surface area contributed by atoms with Crippen molar-refractivity contribution in [3.05, 3.63) is 70.8 Å². The predicted molar refractivity (Wildman–Crippen MR) is 167 cm³/mol. The van der Waals surface area contributed by atoms with Gasteiger partial charge in [0.15, 0.2) is 34.5 Å². The van der Waals surface area contributed by atoms with E-state index in [0.717, 1.165) is 11.1 Å². The van der Waals surface area contributed by atoms with Gasteiger partial charge < -0.3 is 63.8 Å². The number of phenols is 1. The molecule has 1 fully saturated rings. The summed E-state index contributed by atoms with van der Waals surface area (Å²) in [5.74, 6) is 0.0160. The number of carbonyl (C=O) groups excluding carboxylic acids is 1. The highest BCUT2D eigenvalue weighted by Gasteiger charge is 2.46. The number of hydrogen-bond donors (Lipinski definition) is 6.